The van der Waals surface area contributed by atoms with Crippen LogP contribution < -0.4 is 18.1 Å². The highest BCUT2D eigenvalue weighted by Crippen LogP contribution is 2.22. The molecule has 1 aromatic rings. The lowest BCUT2D eigenvalue weighted by molar-refractivity contribution is -0.420. The van der Waals surface area contributed by atoms with E-state index in [-0.39, 0.29) is 24.9 Å². The third-order valence-corrected chi connectivity index (χ3v) is 2.16. The number of rotatable bonds is 2. The Hall–Kier alpha value is -1.35. The summed E-state index contributed by atoms with van der Waals surface area (Å²) in [6.07, 6.45) is 2.89. The van der Waals surface area contributed by atoms with Gasteiger partial charge in [0.15, 0.2) is 6.21 Å². The van der Waals surface area contributed by atoms with Crippen LogP contribution in [0, 0.1) is 0 Å². The molecule has 1 heterocycles. The van der Waals surface area contributed by atoms with Crippen molar-refractivity contribution in [2.24, 2.45) is 5.73 Å². The number of para-hydroxylation sites is 1. The van der Waals surface area contributed by atoms with Crippen molar-refractivity contribution < 1.29 is 21.8 Å². The van der Waals surface area contributed by atoms with E-state index in [9.17, 15) is 4.79 Å². The zero-order valence-electron chi connectivity index (χ0n) is 7.61. The van der Waals surface area contributed by atoms with Gasteiger partial charge in [-0.2, -0.15) is 4.58 Å². The number of amides is 1. The van der Waals surface area contributed by atoms with E-state index in [0.29, 0.717) is 0 Å². The van der Waals surface area contributed by atoms with Gasteiger partial charge >= 0.3 is 0 Å². The molecular formula is C10H11ClN2O. The van der Waals surface area contributed by atoms with E-state index in [2.05, 4.69) is 6.07 Å². The van der Waals surface area contributed by atoms with Gasteiger partial charge in [0.1, 0.15) is 0 Å². The van der Waals surface area contributed by atoms with Gasteiger partial charge in [-0.15, -0.1) is 0 Å². The lowest BCUT2D eigenvalue weighted by atomic mass is 10.2. The molecule has 2 rings (SSSR count). The van der Waals surface area contributed by atoms with E-state index in [1.54, 1.807) is 0 Å². The van der Waals surface area contributed by atoms with Crippen molar-refractivity contribution in [2.75, 3.05) is 6.54 Å². The molecule has 3 nitrogen and oxygen atoms in total. The monoisotopic (exact) mass is 210 g/mol. The summed E-state index contributed by atoms with van der Waals surface area (Å²) < 4.78 is 1.90. The minimum Gasteiger partial charge on any atom is -1.00 e. The second-order valence-electron chi connectivity index (χ2n) is 3.11. The molecule has 0 bridgehead atoms. The van der Waals surface area contributed by atoms with Crippen molar-refractivity contribution in [2.45, 2.75) is 6.42 Å². The molecule has 74 valence electrons. The number of nitrogens with two attached hydrogens (primary N) is 1. The largest absolute Gasteiger partial charge is 1.00 e. The minimum atomic E-state index is -0.298. The Morgan fingerprint density at radius 2 is 2.14 bits per heavy atom. The molecule has 1 aliphatic rings. The predicted octanol–water partition coefficient (Wildman–Crippen LogP) is -2.55. The third-order valence-electron chi connectivity index (χ3n) is 2.16. The Balaban J connectivity index is 0.000000980. The fraction of sp³-hybridized carbons (Fsp3) is 0.200. The molecule has 14 heavy (non-hydrogen) atoms. The molecule has 0 saturated heterocycles. The molecule has 0 aliphatic carbocycles. The summed E-state index contributed by atoms with van der Waals surface area (Å²) in [5.74, 6) is -0.298. The molecule has 1 aliphatic heterocycles. The van der Waals surface area contributed by atoms with Crippen LogP contribution in [-0.4, -0.2) is 23.2 Å². The zero-order chi connectivity index (χ0) is 9.26. The Morgan fingerprint density at radius 3 is 2.86 bits per heavy atom. The van der Waals surface area contributed by atoms with Gasteiger partial charge in [-0.25, -0.2) is 0 Å². The first kappa shape index (κ1) is 10.7. The summed E-state index contributed by atoms with van der Waals surface area (Å²) in [6.45, 7) is 0.275. The summed E-state index contributed by atoms with van der Waals surface area (Å²) >= 11 is 0. The lowest BCUT2D eigenvalue weighted by Crippen LogP contribution is -3.00. The smallest absolute Gasteiger partial charge is 0.283 e. The van der Waals surface area contributed by atoms with E-state index in [4.69, 9.17) is 5.73 Å². The van der Waals surface area contributed by atoms with E-state index < -0.39 is 0 Å². The van der Waals surface area contributed by atoms with Gasteiger partial charge in [0, 0.05) is 11.6 Å². The van der Waals surface area contributed by atoms with Gasteiger partial charge in [-0.1, -0.05) is 18.2 Å². The van der Waals surface area contributed by atoms with Gasteiger partial charge in [0.2, 0.25) is 12.2 Å². The van der Waals surface area contributed by atoms with Crippen molar-refractivity contribution in [1.82, 2.24) is 0 Å². The molecule has 4 heteroatoms. The molecular weight excluding hydrogens is 200 g/mol. The van der Waals surface area contributed by atoms with Gasteiger partial charge in [-0.3, -0.25) is 4.79 Å². The average Bonchev–Trinajstić information content (AvgIpc) is 2.48. The lowest BCUT2D eigenvalue weighted by Gasteiger charge is -1.96. The fourth-order valence-electron chi connectivity index (χ4n) is 1.59. The summed E-state index contributed by atoms with van der Waals surface area (Å²) in [5.41, 5.74) is 7.48. The normalized spacial score (nSPS) is 12.7. The number of fused-ring (bicyclic) bond motifs is 1. The molecule has 1 aromatic carbocycles. The maximum absolute atomic E-state index is 10.7. The van der Waals surface area contributed by atoms with Crippen LogP contribution in [0.3, 0.4) is 0 Å². The Morgan fingerprint density at radius 1 is 1.43 bits per heavy atom. The summed E-state index contributed by atoms with van der Waals surface area (Å²) in [6, 6.07) is 8.03. The first-order chi connectivity index (χ1) is 6.27. The van der Waals surface area contributed by atoms with Crippen LogP contribution in [0.1, 0.15) is 5.56 Å². The Labute approximate surface area is 88.6 Å². The second-order valence-corrected chi connectivity index (χ2v) is 3.11. The predicted molar refractivity (Wildman–Crippen MR) is 50.2 cm³/mol. The van der Waals surface area contributed by atoms with Crippen LogP contribution in [-0.2, 0) is 11.2 Å². The number of carbonyl (C=O) groups excluding carboxylic acids is 1. The SMILES string of the molecule is NC(=O)C[N+]1=CCc2ccccc21.[Cl-]. The van der Waals surface area contributed by atoms with Crippen molar-refractivity contribution in [3.8, 4) is 0 Å². The topological polar surface area (TPSA) is 46.1 Å². The first-order valence-electron chi connectivity index (χ1n) is 4.23. The van der Waals surface area contributed by atoms with Crippen molar-refractivity contribution in [3.05, 3.63) is 29.8 Å². The minimum absolute atomic E-state index is 0. The van der Waals surface area contributed by atoms with Crippen LogP contribution in [0.4, 0.5) is 5.69 Å². The van der Waals surface area contributed by atoms with E-state index in [1.807, 2.05) is 29.0 Å². The maximum atomic E-state index is 10.7. The molecule has 0 aromatic heterocycles. The van der Waals surface area contributed by atoms with Crippen LogP contribution in [0.25, 0.3) is 0 Å². The van der Waals surface area contributed by atoms with Crippen LogP contribution >= 0.6 is 0 Å². The molecule has 1 amide bonds. The van der Waals surface area contributed by atoms with Crippen LogP contribution in [0.5, 0.6) is 0 Å². The van der Waals surface area contributed by atoms with Gasteiger partial charge in [-0.05, 0) is 0 Å². The summed E-state index contributed by atoms with van der Waals surface area (Å²) in [5, 5.41) is 0. The average molecular weight is 211 g/mol. The molecule has 2 N–H and O–H groups in total. The summed E-state index contributed by atoms with van der Waals surface area (Å²) in [4.78, 5) is 10.7. The second kappa shape index (κ2) is 4.24. The number of benzene rings is 1. The highest BCUT2D eigenvalue weighted by molar-refractivity contribution is 5.77. The number of carbonyl (C=O) groups is 1. The van der Waals surface area contributed by atoms with E-state index in [1.165, 1.54) is 5.56 Å². The molecule has 0 fully saturated rings. The van der Waals surface area contributed by atoms with Crippen molar-refractivity contribution >= 4 is 17.8 Å². The Kier molecular flexibility index (Phi) is 3.25. The highest BCUT2D eigenvalue weighted by Gasteiger charge is 2.21. The number of hydrogen-bond acceptors (Lipinski definition) is 1. The molecule has 0 atom stereocenters. The quantitative estimate of drug-likeness (QED) is 0.537. The standard InChI is InChI=1S/C10H10N2O.ClH/c11-10(13)7-12-6-5-8-3-1-2-4-9(8)12;/h1-4,6H,5,7H2,(H-,11,13);1H. The zero-order valence-corrected chi connectivity index (χ0v) is 8.37. The van der Waals surface area contributed by atoms with Crippen LogP contribution in [0.2, 0.25) is 0 Å². The molecule has 0 unspecified atom stereocenters. The van der Waals surface area contributed by atoms with Crippen molar-refractivity contribution in [3.63, 3.8) is 0 Å². The number of nitrogens with zero attached hydrogens (tertiary/aromatic N) is 1. The van der Waals surface area contributed by atoms with Gasteiger partial charge in [0.05, 0.1) is 6.42 Å². The molecule has 0 spiro atoms. The third kappa shape index (κ3) is 1.93. The summed E-state index contributed by atoms with van der Waals surface area (Å²) in [7, 11) is 0. The van der Waals surface area contributed by atoms with Gasteiger partial charge < -0.3 is 18.1 Å². The Bertz CT molecular complexity index is 387. The highest BCUT2D eigenvalue weighted by atomic mass is 35.5. The van der Waals surface area contributed by atoms with E-state index in [0.717, 1.165) is 12.1 Å². The number of halogens is 1. The molecule has 0 radical (unpaired) electrons. The van der Waals surface area contributed by atoms with Crippen LogP contribution in [0.15, 0.2) is 24.3 Å². The number of primary amides is 1. The fourth-order valence-corrected chi connectivity index (χ4v) is 1.59. The van der Waals surface area contributed by atoms with Gasteiger partial charge in [0.25, 0.3) is 5.91 Å². The van der Waals surface area contributed by atoms with E-state index >= 15 is 0 Å². The number of hydrogen-bond donors (Lipinski definition) is 1. The maximum Gasteiger partial charge on any atom is 0.283 e. The first-order valence-corrected chi connectivity index (χ1v) is 4.23. The van der Waals surface area contributed by atoms with Crippen molar-refractivity contribution in [1.29, 1.82) is 0 Å². The molecule has 0 saturated carbocycles.